The van der Waals surface area contributed by atoms with Gasteiger partial charge in [0.25, 0.3) is 0 Å². The second-order valence-electron chi connectivity index (χ2n) is 6.79. The lowest BCUT2D eigenvalue weighted by atomic mass is 9.88. The zero-order valence-corrected chi connectivity index (χ0v) is 13.1. The van der Waals surface area contributed by atoms with Gasteiger partial charge in [-0.25, -0.2) is 0 Å². The number of aromatic amines is 1. The molecule has 0 radical (unpaired) electrons. The lowest BCUT2D eigenvalue weighted by Crippen LogP contribution is -2.09. The average molecular weight is 277 g/mol. The molecular formula is C20H23N. The molecule has 1 nitrogen and oxygen atoms in total. The SMILES string of the molecule is CC(C)(C)c1c[nH]c(C2=CC(c3ccccc3)=CCC2)c1. The van der Waals surface area contributed by atoms with Crippen molar-refractivity contribution in [2.24, 2.45) is 0 Å². The van der Waals surface area contributed by atoms with E-state index < -0.39 is 0 Å². The quantitative estimate of drug-likeness (QED) is 0.738. The molecule has 0 spiro atoms. The smallest absolute Gasteiger partial charge is 0.0416 e. The first kappa shape index (κ1) is 13.9. The van der Waals surface area contributed by atoms with Crippen LogP contribution in [0.4, 0.5) is 0 Å². The van der Waals surface area contributed by atoms with Crippen LogP contribution in [0.25, 0.3) is 11.1 Å². The molecule has 1 heterocycles. The van der Waals surface area contributed by atoms with E-state index in [0.717, 1.165) is 12.8 Å². The second kappa shape index (κ2) is 5.40. The minimum absolute atomic E-state index is 0.197. The standard InChI is InChI=1S/C20H23N/c1-20(2,3)18-13-19(21-14-18)17-11-7-10-16(12-17)15-8-5-4-6-9-15/h4-6,8-10,12-14,21H,7,11H2,1-3H3. The number of H-pyrrole nitrogens is 1. The molecular weight excluding hydrogens is 254 g/mol. The summed E-state index contributed by atoms with van der Waals surface area (Å²) in [6.45, 7) is 6.76. The molecule has 0 unspecified atom stereocenters. The third kappa shape index (κ3) is 3.02. The van der Waals surface area contributed by atoms with Crippen molar-refractivity contribution in [2.75, 3.05) is 0 Å². The predicted octanol–water partition coefficient (Wildman–Crippen LogP) is 5.57. The summed E-state index contributed by atoms with van der Waals surface area (Å²) in [7, 11) is 0. The molecule has 1 aliphatic carbocycles. The number of benzene rings is 1. The second-order valence-corrected chi connectivity index (χ2v) is 6.79. The van der Waals surface area contributed by atoms with Crippen molar-refractivity contribution in [1.82, 2.24) is 4.98 Å². The molecule has 1 N–H and O–H groups in total. The van der Waals surface area contributed by atoms with Crippen molar-refractivity contribution in [3.8, 4) is 0 Å². The lowest BCUT2D eigenvalue weighted by Gasteiger charge is -2.16. The van der Waals surface area contributed by atoms with Gasteiger partial charge in [-0.05, 0) is 52.7 Å². The number of nitrogens with one attached hydrogen (secondary N) is 1. The fraction of sp³-hybridized carbons (Fsp3) is 0.300. The van der Waals surface area contributed by atoms with E-state index in [-0.39, 0.29) is 5.41 Å². The van der Waals surface area contributed by atoms with Gasteiger partial charge in [0.05, 0.1) is 0 Å². The van der Waals surface area contributed by atoms with E-state index in [9.17, 15) is 0 Å². The minimum atomic E-state index is 0.197. The summed E-state index contributed by atoms with van der Waals surface area (Å²) in [6, 6.07) is 12.9. The Kier molecular flexibility index (Phi) is 3.59. The molecule has 1 heteroatoms. The normalized spacial score (nSPS) is 15.6. The van der Waals surface area contributed by atoms with E-state index in [2.05, 4.69) is 80.5 Å². The summed E-state index contributed by atoms with van der Waals surface area (Å²) in [6.07, 6.45) is 9.04. The van der Waals surface area contributed by atoms with Gasteiger partial charge in [0.1, 0.15) is 0 Å². The van der Waals surface area contributed by atoms with Crippen LogP contribution in [0.15, 0.2) is 54.7 Å². The molecule has 0 amide bonds. The maximum atomic E-state index is 3.46. The van der Waals surface area contributed by atoms with Gasteiger partial charge >= 0.3 is 0 Å². The highest BCUT2D eigenvalue weighted by Gasteiger charge is 2.17. The average Bonchev–Trinajstić information content (AvgIpc) is 2.98. The third-order valence-corrected chi connectivity index (χ3v) is 4.11. The van der Waals surface area contributed by atoms with Gasteiger partial charge in [0, 0.05) is 11.9 Å². The Morgan fingerprint density at radius 1 is 1.05 bits per heavy atom. The zero-order chi connectivity index (χ0) is 14.9. The fourth-order valence-electron chi connectivity index (χ4n) is 2.76. The Bertz CT molecular complexity index is 678. The first-order chi connectivity index (χ1) is 10.0. The Morgan fingerprint density at radius 2 is 1.81 bits per heavy atom. The van der Waals surface area contributed by atoms with Gasteiger partial charge in [-0.1, -0.05) is 57.2 Å². The van der Waals surface area contributed by atoms with Gasteiger partial charge in [-0.3, -0.25) is 0 Å². The predicted molar refractivity (Wildman–Crippen MR) is 91.1 cm³/mol. The van der Waals surface area contributed by atoms with Crippen LogP contribution in [0.2, 0.25) is 0 Å². The first-order valence-electron chi connectivity index (χ1n) is 7.69. The molecule has 0 atom stereocenters. The highest BCUT2D eigenvalue weighted by Crippen LogP contribution is 2.32. The molecule has 0 bridgehead atoms. The lowest BCUT2D eigenvalue weighted by molar-refractivity contribution is 0.591. The van der Waals surface area contributed by atoms with Crippen LogP contribution < -0.4 is 0 Å². The zero-order valence-electron chi connectivity index (χ0n) is 13.1. The van der Waals surface area contributed by atoms with Crippen molar-refractivity contribution >= 4 is 11.1 Å². The van der Waals surface area contributed by atoms with Crippen LogP contribution >= 0.6 is 0 Å². The van der Waals surface area contributed by atoms with Crippen LogP contribution in [0.1, 0.15) is 50.4 Å². The van der Waals surface area contributed by atoms with Gasteiger partial charge in [0.15, 0.2) is 0 Å². The molecule has 1 aliphatic rings. The fourth-order valence-corrected chi connectivity index (χ4v) is 2.76. The maximum Gasteiger partial charge on any atom is 0.0416 e. The van der Waals surface area contributed by atoms with Gasteiger partial charge in [-0.15, -0.1) is 0 Å². The van der Waals surface area contributed by atoms with Crippen molar-refractivity contribution in [3.63, 3.8) is 0 Å². The summed E-state index contributed by atoms with van der Waals surface area (Å²) in [5.74, 6) is 0. The first-order valence-corrected chi connectivity index (χ1v) is 7.69. The summed E-state index contributed by atoms with van der Waals surface area (Å²) >= 11 is 0. The number of aromatic nitrogens is 1. The molecule has 2 aromatic rings. The molecule has 0 aliphatic heterocycles. The summed E-state index contributed by atoms with van der Waals surface area (Å²) in [5.41, 5.74) is 6.88. The van der Waals surface area contributed by atoms with Crippen molar-refractivity contribution in [3.05, 3.63) is 71.6 Å². The van der Waals surface area contributed by atoms with Crippen molar-refractivity contribution in [1.29, 1.82) is 0 Å². The Hall–Kier alpha value is -2.02. The highest BCUT2D eigenvalue weighted by atomic mass is 14.7. The van der Waals surface area contributed by atoms with Crippen molar-refractivity contribution in [2.45, 2.75) is 39.0 Å². The Balaban J connectivity index is 1.91. The topological polar surface area (TPSA) is 15.8 Å². The molecule has 21 heavy (non-hydrogen) atoms. The molecule has 1 aromatic carbocycles. The summed E-state index contributed by atoms with van der Waals surface area (Å²) < 4.78 is 0. The van der Waals surface area contributed by atoms with Gasteiger partial charge in [0.2, 0.25) is 0 Å². The number of hydrogen-bond acceptors (Lipinski definition) is 0. The van der Waals surface area contributed by atoms with Crippen molar-refractivity contribution < 1.29 is 0 Å². The highest BCUT2D eigenvalue weighted by molar-refractivity contribution is 5.85. The molecule has 0 saturated heterocycles. The Labute approximate surface area is 127 Å². The minimum Gasteiger partial charge on any atom is -0.361 e. The van der Waals surface area contributed by atoms with Crippen LogP contribution in [-0.2, 0) is 5.41 Å². The summed E-state index contributed by atoms with van der Waals surface area (Å²) in [5, 5.41) is 0. The molecule has 0 saturated carbocycles. The monoisotopic (exact) mass is 277 g/mol. The molecule has 108 valence electrons. The third-order valence-electron chi connectivity index (χ3n) is 4.11. The molecule has 1 aromatic heterocycles. The maximum absolute atomic E-state index is 3.46. The van der Waals surface area contributed by atoms with Crippen LogP contribution in [0.3, 0.4) is 0 Å². The number of rotatable bonds is 2. The molecule has 3 rings (SSSR count). The number of hydrogen-bond donors (Lipinski definition) is 1. The van der Waals surface area contributed by atoms with E-state index in [1.54, 1.807) is 0 Å². The number of allylic oxidation sites excluding steroid dienone is 4. The summed E-state index contributed by atoms with van der Waals surface area (Å²) in [4.78, 5) is 3.46. The van der Waals surface area contributed by atoms with Gasteiger partial charge in [-0.2, -0.15) is 0 Å². The van der Waals surface area contributed by atoms with Crippen LogP contribution in [0.5, 0.6) is 0 Å². The van der Waals surface area contributed by atoms with E-state index in [1.165, 1.54) is 28.0 Å². The largest absolute Gasteiger partial charge is 0.361 e. The van der Waals surface area contributed by atoms with E-state index >= 15 is 0 Å². The Morgan fingerprint density at radius 3 is 2.48 bits per heavy atom. The van der Waals surface area contributed by atoms with Gasteiger partial charge < -0.3 is 4.98 Å². The van der Waals surface area contributed by atoms with Crippen LogP contribution in [-0.4, -0.2) is 4.98 Å². The molecule has 0 fully saturated rings. The van der Waals surface area contributed by atoms with E-state index in [0.29, 0.717) is 0 Å². The van der Waals surface area contributed by atoms with E-state index in [4.69, 9.17) is 0 Å². The van der Waals surface area contributed by atoms with E-state index in [1.807, 2.05) is 0 Å². The van der Waals surface area contributed by atoms with Crippen LogP contribution in [0, 0.1) is 0 Å².